The van der Waals surface area contributed by atoms with Gasteiger partial charge in [0.1, 0.15) is 11.5 Å². The van der Waals surface area contributed by atoms with Crippen molar-refractivity contribution in [1.29, 1.82) is 0 Å². The van der Waals surface area contributed by atoms with Crippen LogP contribution >= 0.6 is 0 Å². The molecule has 0 saturated heterocycles. The number of phenolic OH excluding ortho intramolecular Hbond substituents is 2. The van der Waals surface area contributed by atoms with Gasteiger partial charge in [0, 0.05) is 31.7 Å². The molecule has 1 amide bonds. The van der Waals surface area contributed by atoms with Crippen molar-refractivity contribution in [3.05, 3.63) is 48.7 Å². The minimum atomic E-state index is -0.180. The molecule has 0 aliphatic carbocycles. The molecule has 0 atom stereocenters. The van der Waals surface area contributed by atoms with Gasteiger partial charge in [-0.3, -0.25) is 9.13 Å². The summed E-state index contributed by atoms with van der Waals surface area (Å²) in [7, 11) is 3.36. The Morgan fingerprint density at radius 2 is 1.89 bits per heavy atom. The summed E-state index contributed by atoms with van der Waals surface area (Å²) in [5.74, 6) is 0.221. The second-order valence-electron chi connectivity index (χ2n) is 6.49. The molecule has 9 nitrogen and oxygen atoms in total. The lowest BCUT2D eigenvalue weighted by Crippen LogP contribution is -2.26. The van der Waals surface area contributed by atoms with Gasteiger partial charge in [-0.05, 0) is 30.3 Å². The Hall–Kier alpha value is -4.01. The molecule has 142 valence electrons. The van der Waals surface area contributed by atoms with Crippen molar-refractivity contribution in [2.45, 2.75) is 0 Å². The van der Waals surface area contributed by atoms with Gasteiger partial charge in [-0.15, -0.1) is 10.2 Å². The summed E-state index contributed by atoms with van der Waals surface area (Å²) < 4.78 is 3.13. The van der Waals surface area contributed by atoms with Gasteiger partial charge in [-0.1, -0.05) is 6.07 Å². The van der Waals surface area contributed by atoms with Gasteiger partial charge >= 0.3 is 6.03 Å². The van der Waals surface area contributed by atoms with Crippen LogP contribution in [-0.2, 0) is 0 Å². The van der Waals surface area contributed by atoms with Crippen LogP contribution in [0.3, 0.4) is 0 Å². The van der Waals surface area contributed by atoms with Gasteiger partial charge in [0.2, 0.25) is 5.95 Å². The lowest BCUT2D eigenvalue weighted by Gasteiger charge is -2.13. The summed E-state index contributed by atoms with van der Waals surface area (Å²) in [5.41, 5.74) is 7.80. The normalized spacial score (nSPS) is 11.1. The van der Waals surface area contributed by atoms with Crippen molar-refractivity contribution in [1.82, 2.24) is 24.2 Å². The van der Waals surface area contributed by atoms with E-state index in [0.717, 1.165) is 5.39 Å². The highest BCUT2D eigenvalue weighted by atomic mass is 16.3. The van der Waals surface area contributed by atoms with Crippen LogP contribution in [-0.4, -0.2) is 54.6 Å². The quantitative estimate of drug-likeness (QED) is 0.492. The Kier molecular flexibility index (Phi) is 3.92. The first kappa shape index (κ1) is 17.4. The molecule has 2 aromatic carbocycles. The molecule has 4 rings (SSSR count). The number of carbonyl (C=O) groups is 1. The zero-order chi connectivity index (χ0) is 20.0. The maximum Gasteiger partial charge on any atom is 0.328 e. The number of nitrogens with zero attached hydrogens (tertiary/aromatic N) is 5. The molecule has 2 aromatic heterocycles. The first-order chi connectivity index (χ1) is 13.4. The van der Waals surface area contributed by atoms with Crippen molar-refractivity contribution >= 4 is 22.9 Å². The lowest BCUT2D eigenvalue weighted by atomic mass is 10.1. The van der Waals surface area contributed by atoms with Crippen LogP contribution in [0.4, 0.5) is 10.7 Å². The van der Waals surface area contributed by atoms with E-state index in [-0.39, 0.29) is 23.5 Å². The van der Waals surface area contributed by atoms with Crippen molar-refractivity contribution in [3.8, 4) is 28.6 Å². The third-order valence-corrected chi connectivity index (χ3v) is 4.45. The number of aromatic nitrogens is 4. The summed E-state index contributed by atoms with van der Waals surface area (Å²) in [6, 6.07) is 11.3. The molecule has 9 heteroatoms. The average Bonchev–Trinajstić information content (AvgIpc) is 3.24. The zero-order valence-corrected chi connectivity index (χ0v) is 15.2. The van der Waals surface area contributed by atoms with Crippen molar-refractivity contribution < 1.29 is 15.0 Å². The number of hydrogen-bond acceptors (Lipinski definition) is 6. The summed E-state index contributed by atoms with van der Waals surface area (Å²) in [4.78, 5) is 13.9. The monoisotopic (exact) mass is 378 g/mol. The molecule has 0 fully saturated rings. The Balaban J connectivity index is 1.95. The van der Waals surface area contributed by atoms with Gasteiger partial charge in [0.05, 0.1) is 16.8 Å². The smallest absolute Gasteiger partial charge is 0.328 e. The molecule has 0 bridgehead atoms. The van der Waals surface area contributed by atoms with E-state index in [9.17, 15) is 15.0 Å². The summed E-state index contributed by atoms with van der Waals surface area (Å²) in [6.07, 6.45) is 1.69. The fourth-order valence-electron chi connectivity index (χ4n) is 3.15. The number of nitrogen functional groups attached to an aromatic ring is 1. The van der Waals surface area contributed by atoms with E-state index in [0.29, 0.717) is 22.6 Å². The second kappa shape index (κ2) is 6.31. The second-order valence-corrected chi connectivity index (χ2v) is 6.49. The third-order valence-electron chi connectivity index (χ3n) is 4.45. The number of fused-ring (bicyclic) bond motifs is 1. The van der Waals surface area contributed by atoms with Crippen LogP contribution in [0.25, 0.3) is 28.0 Å². The summed E-state index contributed by atoms with van der Waals surface area (Å²) in [6.45, 7) is 0. The van der Waals surface area contributed by atoms with E-state index >= 15 is 0 Å². The zero-order valence-electron chi connectivity index (χ0n) is 15.2. The molecule has 2 heterocycles. The lowest BCUT2D eigenvalue weighted by molar-refractivity contribution is 0.220. The van der Waals surface area contributed by atoms with Crippen LogP contribution in [0.15, 0.2) is 48.7 Å². The molecular weight excluding hydrogens is 360 g/mol. The minimum Gasteiger partial charge on any atom is -0.508 e. The molecule has 0 saturated carbocycles. The number of anilines is 1. The predicted octanol–water partition coefficient (Wildman–Crippen LogP) is 2.41. The number of hydrogen-bond donors (Lipinski definition) is 3. The van der Waals surface area contributed by atoms with Crippen LogP contribution in [0.2, 0.25) is 0 Å². The van der Waals surface area contributed by atoms with E-state index in [1.54, 1.807) is 30.9 Å². The van der Waals surface area contributed by atoms with Crippen LogP contribution in [0, 0.1) is 0 Å². The standard InChI is InChI=1S/C19H18N6O3/c1-23(2)19(28)24-9-8-12-14(24)4-3-5-15(12)25-17(21-22-18(25)20)13-7-6-11(26)10-16(13)27/h3-10,26-27H,1-2H3,(H2,20,22). The molecule has 0 radical (unpaired) electrons. The molecule has 0 aliphatic heterocycles. The highest BCUT2D eigenvalue weighted by Crippen LogP contribution is 2.35. The Morgan fingerprint density at radius 1 is 1.11 bits per heavy atom. The summed E-state index contributed by atoms with van der Waals surface area (Å²) >= 11 is 0. The fourth-order valence-corrected chi connectivity index (χ4v) is 3.15. The number of phenols is 2. The number of benzene rings is 2. The van der Waals surface area contributed by atoms with Crippen molar-refractivity contribution in [3.63, 3.8) is 0 Å². The van der Waals surface area contributed by atoms with Gasteiger partial charge in [0.15, 0.2) is 5.82 Å². The SMILES string of the molecule is CN(C)C(=O)n1ccc2c(-n3c(N)nnc3-c3ccc(O)cc3O)cccc21. The van der Waals surface area contributed by atoms with Gasteiger partial charge in [-0.25, -0.2) is 4.79 Å². The minimum absolute atomic E-state index is 0.0679. The van der Waals surface area contributed by atoms with Crippen molar-refractivity contribution in [2.24, 2.45) is 0 Å². The number of nitrogens with two attached hydrogens (primary N) is 1. The van der Waals surface area contributed by atoms with E-state index < -0.39 is 0 Å². The first-order valence-corrected chi connectivity index (χ1v) is 8.44. The number of aromatic hydroxyl groups is 2. The molecular formula is C19H18N6O3. The van der Waals surface area contributed by atoms with Crippen LogP contribution in [0.1, 0.15) is 0 Å². The van der Waals surface area contributed by atoms with Crippen LogP contribution in [0.5, 0.6) is 11.5 Å². The average molecular weight is 378 g/mol. The first-order valence-electron chi connectivity index (χ1n) is 8.44. The molecule has 4 aromatic rings. The Morgan fingerprint density at radius 3 is 2.61 bits per heavy atom. The van der Waals surface area contributed by atoms with Crippen molar-refractivity contribution in [2.75, 3.05) is 19.8 Å². The predicted molar refractivity (Wildman–Crippen MR) is 105 cm³/mol. The Labute approximate surface area is 159 Å². The summed E-state index contributed by atoms with van der Waals surface area (Å²) in [5, 5.41) is 28.6. The van der Waals surface area contributed by atoms with Gasteiger partial charge in [-0.2, -0.15) is 0 Å². The van der Waals surface area contributed by atoms with Crippen LogP contribution < -0.4 is 5.73 Å². The highest BCUT2D eigenvalue weighted by Gasteiger charge is 2.20. The number of amides is 1. The Bertz CT molecular complexity index is 1210. The maximum absolute atomic E-state index is 12.4. The largest absolute Gasteiger partial charge is 0.508 e. The van der Waals surface area contributed by atoms with Gasteiger partial charge in [0.25, 0.3) is 0 Å². The van der Waals surface area contributed by atoms with E-state index in [1.807, 2.05) is 18.2 Å². The molecule has 0 unspecified atom stereocenters. The third kappa shape index (κ3) is 2.60. The molecule has 4 N–H and O–H groups in total. The van der Waals surface area contributed by atoms with Gasteiger partial charge < -0.3 is 20.8 Å². The van der Waals surface area contributed by atoms with E-state index in [1.165, 1.54) is 27.7 Å². The number of rotatable bonds is 2. The van der Waals surface area contributed by atoms with E-state index in [4.69, 9.17) is 5.73 Å². The molecule has 28 heavy (non-hydrogen) atoms. The molecule has 0 aliphatic rings. The maximum atomic E-state index is 12.4. The van der Waals surface area contributed by atoms with E-state index in [2.05, 4.69) is 10.2 Å². The fraction of sp³-hybridized carbons (Fsp3) is 0.105. The highest BCUT2D eigenvalue weighted by molar-refractivity contribution is 5.96. The topological polar surface area (TPSA) is 122 Å². The number of carbonyl (C=O) groups excluding carboxylic acids is 1. The molecule has 0 spiro atoms.